The largest absolute Gasteiger partial charge is 0.573 e. The van der Waals surface area contributed by atoms with Gasteiger partial charge in [-0.25, -0.2) is 9.18 Å². The fourth-order valence-electron chi connectivity index (χ4n) is 2.20. The molecule has 0 spiro atoms. The molecule has 0 heterocycles. The Morgan fingerprint density at radius 3 is 2.27 bits per heavy atom. The number of nitrogens with one attached hydrogen (secondary N) is 2. The van der Waals surface area contributed by atoms with Crippen LogP contribution in [0.25, 0.3) is 0 Å². The molecule has 11 heteroatoms. The number of rotatable bonds is 4. The smallest absolute Gasteiger partial charge is 0.444 e. The Kier molecular flexibility index (Phi) is 6.81. The molecule has 0 atom stereocenters. The molecule has 2 rings (SSSR count). The first kappa shape index (κ1) is 23.3. The summed E-state index contributed by atoms with van der Waals surface area (Å²) in [6.07, 6.45) is -5.78. The first-order valence-electron chi connectivity index (χ1n) is 8.39. The third-order valence-electron chi connectivity index (χ3n) is 3.23. The third kappa shape index (κ3) is 7.43. The number of benzene rings is 2. The van der Waals surface area contributed by atoms with Gasteiger partial charge in [0.15, 0.2) is 0 Å². The lowest BCUT2D eigenvalue weighted by Gasteiger charge is -2.20. The van der Waals surface area contributed by atoms with E-state index in [2.05, 4.69) is 15.4 Å². The number of ether oxygens (including phenoxy) is 2. The normalized spacial score (nSPS) is 11.6. The van der Waals surface area contributed by atoms with Crippen LogP contribution in [0, 0.1) is 5.82 Å². The van der Waals surface area contributed by atoms with Crippen LogP contribution in [0.3, 0.4) is 0 Å². The minimum Gasteiger partial charge on any atom is -0.444 e. The Bertz CT molecular complexity index is 959. The fourth-order valence-corrected chi connectivity index (χ4v) is 2.43. The van der Waals surface area contributed by atoms with E-state index in [4.69, 9.17) is 16.3 Å². The summed E-state index contributed by atoms with van der Waals surface area (Å²) in [7, 11) is 0. The highest BCUT2D eigenvalue weighted by Gasteiger charge is 2.31. The summed E-state index contributed by atoms with van der Waals surface area (Å²) in [4.78, 5) is 24.2. The van der Waals surface area contributed by atoms with Crippen LogP contribution in [0.2, 0.25) is 5.02 Å². The van der Waals surface area contributed by atoms with Gasteiger partial charge >= 0.3 is 12.5 Å². The van der Waals surface area contributed by atoms with Crippen LogP contribution in [-0.4, -0.2) is 24.0 Å². The van der Waals surface area contributed by atoms with Crippen molar-refractivity contribution in [3.05, 3.63) is 52.8 Å². The average molecular weight is 449 g/mol. The molecule has 0 aromatic heterocycles. The van der Waals surface area contributed by atoms with E-state index in [1.165, 1.54) is 6.07 Å². The Labute approximate surface area is 174 Å². The molecular formula is C19H17ClF4N2O4. The van der Waals surface area contributed by atoms with Gasteiger partial charge in [-0.1, -0.05) is 11.6 Å². The van der Waals surface area contributed by atoms with E-state index in [-0.39, 0.29) is 22.0 Å². The molecule has 0 bridgehead atoms. The van der Waals surface area contributed by atoms with Gasteiger partial charge in [0, 0.05) is 16.3 Å². The number of hydrogen-bond donors (Lipinski definition) is 2. The number of amides is 2. The first-order valence-corrected chi connectivity index (χ1v) is 8.77. The summed E-state index contributed by atoms with van der Waals surface area (Å²) in [6.45, 7) is 4.97. The summed E-state index contributed by atoms with van der Waals surface area (Å²) < 4.78 is 60.1. The fraction of sp³-hybridized carbons (Fsp3) is 0.263. The second-order valence-electron chi connectivity index (χ2n) is 7.00. The maximum atomic E-state index is 14.1. The zero-order valence-electron chi connectivity index (χ0n) is 16.0. The summed E-state index contributed by atoms with van der Waals surface area (Å²) in [5, 5.41) is 4.39. The molecular weight excluding hydrogens is 432 g/mol. The van der Waals surface area contributed by atoms with Crippen LogP contribution < -0.4 is 15.4 Å². The molecule has 2 aromatic rings. The number of carbonyl (C=O) groups excluding carboxylic acids is 2. The quantitative estimate of drug-likeness (QED) is 0.564. The maximum absolute atomic E-state index is 14.1. The van der Waals surface area contributed by atoms with E-state index in [1.807, 2.05) is 0 Å². The molecule has 2 N–H and O–H groups in total. The lowest BCUT2D eigenvalue weighted by Crippen LogP contribution is -2.27. The molecule has 2 aromatic carbocycles. The molecule has 30 heavy (non-hydrogen) atoms. The molecule has 162 valence electrons. The van der Waals surface area contributed by atoms with Crippen LogP contribution in [0.1, 0.15) is 31.1 Å². The van der Waals surface area contributed by atoms with Crippen molar-refractivity contribution in [2.24, 2.45) is 0 Å². The van der Waals surface area contributed by atoms with Gasteiger partial charge in [0.05, 0.1) is 5.69 Å². The Morgan fingerprint density at radius 1 is 1.00 bits per heavy atom. The zero-order valence-corrected chi connectivity index (χ0v) is 16.7. The molecule has 0 aliphatic rings. The number of anilines is 2. The molecule has 2 amide bonds. The highest BCUT2D eigenvalue weighted by molar-refractivity contribution is 6.31. The Morgan fingerprint density at radius 2 is 1.67 bits per heavy atom. The van der Waals surface area contributed by atoms with Crippen LogP contribution in [0.15, 0.2) is 36.4 Å². The maximum Gasteiger partial charge on any atom is 0.573 e. The van der Waals surface area contributed by atoms with E-state index in [0.29, 0.717) is 0 Å². The highest BCUT2D eigenvalue weighted by Crippen LogP contribution is 2.28. The Hall–Kier alpha value is -3.01. The molecule has 6 nitrogen and oxygen atoms in total. The van der Waals surface area contributed by atoms with E-state index in [9.17, 15) is 27.2 Å². The van der Waals surface area contributed by atoms with Crippen molar-refractivity contribution in [1.82, 2.24) is 0 Å². The summed E-state index contributed by atoms with van der Waals surface area (Å²) >= 11 is 5.73. The average Bonchev–Trinajstić information content (AvgIpc) is 2.54. The van der Waals surface area contributed by atoms with Gasteiger partial charge in [-0.15, -0.1) is 13.2 Å². The molecule has 0 radical (unpaired) electrons. The first-order chi connectivity index (χ1) is 13.7. The summed E-state index contributed by atoms with van der Waals surface area (Å²) in [6, 6.07) is 6.10. The van der Waals surface area contributed by atoms with Crippen molar-refractivity contribution < 1.29 is 36.6 Å². The minimum atomic E-state index is -4.98. The van der Waals surface area contributed by atoms with E-state index < -0.39 is 35.5 Å². The molecule has 0 saturated heterocycles. The lowest BCUT2D eigenvalue weighted by atomic mass is 10.2. The van der Waals surface area contributed by atoms with Crippen LogP contribution in [0.5, 0.6) is 5.75 Å². The SMILES string of the molecule is CC(C)(C)OC(=O)Nc1ccc(F)c(NC(=O)c2cc(Cl)cc(OC(F)(F)F)c2)c1. The predicted octanol–water partition coefficient (Wildman–Crippen LogP) is 5.98. The minimum absolute atomic E-state index is 0.119. The molecule has 0 aliphatic heterocycles. The lowest BCUT2D eigenvalue weighted by molar-refractivity contribution is -0.274. The second kappa shape index (κ2) is 8.78. The number of hydrogen-bond acceptors (Lipinski definition) is 4. The van der Waals surface area contributed by atoms with Crippen molar-refractivity contribution in [3.63, 3.8) is 0 Å². The van der Waals surface area contributed by atoms with Gasteiger partial charge in [0.25, 0.3) is 5.91 Å². The van der Waals surface area contributed by atoms with Crippen molar-refractivity contribution in [2.75, 3.05) is 10.6 Å². The zero-order chi connectivity index (χ0) is 22.7. The van der Waals surface area contributed by atoms with Crippen LogP contribution in [-0.2, 0) is 4.74 Å². The summed E-state index contributed by atoms with van der Waals surface area (Å²) in [5.41, 5.74) is -1.27. The van der Waals surface area contributed by atoms with Gasteiger partial charge < -0.3 is 14.8 Å². The van der Waals surface area contributed by atoms with Crippen molar-refractivity contribution in [1.29, 1.82) is 0 Å². The van der Waals surface area contributed by atoms with Gasteiger partial charge in [0.1, 0.15) is 17.2 Å². The molecule has 0 aliphatic carbocycles. The Balaban J connectivity index is 2.20. The van der Waals surface area contributed by atoms with Crippen LogP contribution >= 0.6 is 11.6 Å². The monoisotopic (exact) mass is 448 g/mol. The number of alkyl halides is 3. The van der Waals surface area contributed by atoms with Crippen molar-refractivity contribution in [2.45, 2.75) is 32.7 Å². The van der Waals surface area contributed by atoms with Gasteiger partial charge in [-0.2, -0.15) is 0 Å². The third-order valence-corrected chi connectivity index (χ3v) is 3.45. The summed E-state index contributed by atoms with van der Waals surface area (Å²) in [5.74, 6) is -2.49. The molecule has 0 unspecified atom stereocenters. The van der Waals surface area contributed by atoms with Gasteiger partial charge in [-0.05, 0) is 57.2 Å². The van der Waals surface area contributed by atoms with Crippen molar-refractivity contribution in [3.8, 4) is 5.75 Å². The van der Waals surface area contributed by atoms with E-state index in [0.717, 1.165) is 30.3 Å². The topological polar surface area (TPSA) is 76.7 Å². The van der Waals surface area contributed by atoms with E-state index in [1.54, 1.807) is 20.8 Å². The highest BCUT2D eigenvalue weighted by atomic mass is 35.5. The molecule has 0 fully saturated rings. The van der Waals surface area contributed by atoms with Crippen LogP contribution in [0.4, 0.5) is 33.7 Å². The predicted molar refractivity (Wildman–Crippen MR) is 102 cm³/mol. The molecule has 0 saturated carbocycles. The standard InChI is InChI=1S/C19H17ClF4N2O4/c1-18(2,3)30-17(28)25-12-4-5-14(21)15(9-12)26-16(27)10-6-11(20)8-13(7-10)29-19(22,23)24/h4-9H,1-3H3,(H,25,28)(H,26,27). The van der Waals surface area contributed by atoms with Crippen molar-refractivity contribution >= 4 is 35.0 Å². The second-order valence-corrected chi connectivity index (χ2v) is 7.44. The number of halogens is 5. The van der Waals surface area contributed by atoms with Gasteiger partial charge in [-0.3, -0.25) is 10.1 Å². The van der Waals surface area contributed by atoms with Gasteiger partial charge in [0.2, 0.25) is 0 Å². The number of carbonyl (C=O) groups is 2. The van der Waals surface area contributed by atoms with E-state index >= 15 is 0 Å².